The van der Waals surface area contributed by atoms with E-state index in [0.29, 0.717) is 36.6 Å². The summed E-state index contributed by atoms with van der Waals surface area (Å²) in [6.07, 6.45) is 0.789. The van der Waals surface area contributed by atoms with Crippen LogP contribution in [0.5, 0.6) is 11.5 Å². The normalized spacial score (nSPS) is 21.4. The molecule has 0 aliphatic carbocycles. The highest BCUT2D eigenvalue weighted by Crippen LogP contribution is 2.43. The summed E-state index contributed by atoms with van der Waals surface area (Å²) in [7, 11) is 3.82. The van der Waals surface area contributed by atoms with Crippen LogP contribution >= 0.6 is 0 Å². The van der Waals surface area contributed by atoms with Crippen molar-refractivity contribution in [2.24, 2.45) is 0 Å². The van der Waals surface area contributed by atoms with Crippen LogP contribution in [0, 0.1) is 0 Å². The number of amides is 1. The topological polar surface area (TPSA) is 79.3 Å². The van der Waals surface area contributed by atoms with Gasteiger partial charge in [0.2, 0.25) is 0 Å². The van der Waals surface area contributed by atoms with Crippen molar-refractivity contribution in [2.45, 2.75) is 32.4 Å². The maximum absolute atomic E-state index is 13.2. The minimum Gasteiger partial charge on any atom is -0.507 e. The zero-order chi connectivity index (χ0) is 23.7. The van der Waals surface area contributed by atoms with Gasteiger partial charge in [-0.3, -0.25) is 9.59 Å². The van der Waals surface area contributed by atoms with E-state index in [9.17, 15) is 14.7 Å². The van der Waals surface area contributed by atoms with Gasteiger partial charge in [0, 0.05) is 30.6 Å². The molecule has 2 atom stereocenters. The van der Waals surface area contributed by atoms with Crippen molar-refractivity contribution in [3.63, 3.8) is 0 Å². The summed E-state index contributed by atoms with van der Waals surface area (Å²) >= 11 is 0. The number of Topliss-reactive ketones (excluding diaryl/α,β-unsaturated/α-hetero) is 1. The largest absolute Gasteiger partial charge is 0.507 e. The molecule has 0 aromatic heterocycles. The van der Waals surface area contributed by atoms with E-state index in [1.807, 2.05) is 63.2 Å². The molecule has 174 valence electrons. The summed E-state index contributed by atoms with van der Waals surface area (Å²) in [5, 5.41) is 11.3. The number of ether oxygens (including phenoxy) is 2. The first-order valence-electron chi connectivity index (χ1n) is 11.3. The van der Waals surface area contributed by atoms with Gasteiger partial charge in [0.1, 0.15) is 23.4 Å². The Bertz CT molecular complexity index is 1110. The number of para-hydroxylation sites is 1. The second-order valence-corrected chi connectivity index (χ2v) is 8.72. The Hall–Kier alpha value is -3.32. The third-order valence-corrected chi connectivity index (χ3v) is 6.01. The lowest BCUT2D eigenvalue weighted by atomic mass is 9.94. The van der Waals surface area contributed by atoms with Crippen molar-refractivity contribution in [3.8, 4) is 11.5 Å². The first kappa shape index (κ1) is 22.9. The van der Waals surface area contributed by atoms with Gasteiger partial charge in [-0.05, 0) is 57.8 Å². The molecule has 0 radical (unpaired) electrons. The number of fused-ring (bicyclic) bond motifs is 1. The summed E-state index contributed by atoms with van der Waals surface area (Å²) in [4.78, 5) is 29.8. The molecular weight excluding hydrogens is 420 g/mol. The molecule has 1 saturated heterocycles. The van der Waals surface area contributed by atoms with Crippen LogP contribution in [0.1, 0.15) is 36.6 Å². The summed E-state index contributed by atoms with van der Waals surface area (Å²) in [6, 6.07) is 12.0. The highest BCUT2D eigenvalue weighted by Gasteiger charge is 2.47. The highest BCUT2D eigenvalue weighted by molar-refractivity contribution is 6.46. The van der Waals surface area contributed by atoms with E-state index < -0.39 is 17.7 Å². The lowest BCUT2D eigenvalue weighted by molar-refractivity contribution is -0.140. The SMILES string of the molecule is CCOc1ccccc1C1C(=C(O)c2ccc3c(c2)CC(C)O3)C(=O)C(=O)N1CCN(C)C. The van der Waals surface area contributed by atoms with Crippen LogP contribution in [0.25, 0.3) is 5.76 Å². The van der Waals surface area contributed by atoms with Crippen molar-refractivity contribution < 1.29 is 24.2 Å². The number of rotatable bonds is 7. The van der Waals surface area contributed by atoms with Gasteiger partial charge in [0.05, 0.1) is 18.2 Å². The average Bonchev–Trinajstić information content (AvgIpc) is 3.28. The predicted molar refractivity (Wildman–Crippen MR) is 125 cm³/mol. The fourth-order valence-electron chi connectivity index (χ4n) is 4.46. The van der Waals surface area contributed by atoms with E-state index in [1.54, 1.807) is 12.1 Å². The Kier molecular flexibility index (Phi) is 6.42. The first-order chi connectivity index (χ1) is 15.8. The number of carbonyl (C=O) groups excluding carboxylic acids is 2. The molecular formula is C26H30N2O5. The molecule has 0 spiro atoms. The van der Waals surface area contributed by atoms with Gasteiger partial charge >= 0.3 is 0 Å². The zero-order valence-corrected chi connectivity index (χ0v) is 19.5. The van der Waals surface area contributed by atoms with Gasteiger partial charge in [0.15, 0.2) is 0 Å². The fraction of sp³-hybridized carbons (Fsp3) is 0.385. The number of aliphatic hydroxyl groups excluding tert-OH is 1. The average molecular weight is 451 g/mol. The Labute approximate surface area is 194 Å². The zero-order valence-electron chi connectivity index (χ0n) is 19.5. The summed E-state index contributed by atoms with van der Waals surface area (Å²) < 4.78 is 11.6. The Morgan fingerprint density at radius 3 is 2.70 bits per heavy atom. The van der Waals surface area contributed by atoms with Crippen LogP contribution in [0.2, 0.25) is 0 Å². The lowest BCUT2D eigenvalue weighted by Crippen LogP contribution is -2.35. The quantitative estimate of drug-likeness (QED) is 0.396. The van der Waals surface area contributed by atoms with E-state index in [2.05, 4.69) is 0 Å². The van der Waals surface area contributed by atoms with Crippen LogP contribution in [-0.4, -0.2) is 66.5 Å². The number of likely N-dealkylation sites (tertiary alicyclic amines) is 1. The van der Waals surface area contributed by atoms with Crippen molar-refractivity contribution in [1.29, 1.82) is 0 Å². The van der Waals surface area contributed by atoms with Crippen molar-refractivity contribution in [3.05, 3.63) is 64.7 Å². The second-order valence-electron chi connectivity index (χ2n) is 8.72. The first-order valence-corrected chi connectivity index (χ1v) is 11.3. The molecule has 1 amide bonds. The molecule has 2 unspecified atom stereocenters. The number of benzene rings is 2. The molecule has 33 heavy (non-hydrogen) atoms. The van der Waals surface area contributed by atoms with E-state index in [4.69, 9.17) is 9.47 Å². The molecule has 1 N–H and O–H groups in total. The number of hydrogen-bond donors (Lipinski definition) is 1. The van der Waals surface area contributed by atoms with E-state index in [-0.39, 0.29) is 17.4 Å². The minimum absolute atomic E-state index is 0.0621. The van der Waals surface area contributed by atoms with Gasteiger partial charge in [-0.2, -0.15) is 0 Å². The van der Waals surface area contributed by atoms with Gasteiger partial charge in [-0.25, -0.2) is 0 Å². The smallest absolute Gasteiger partial charge is 0.295 e. The molecule has 2 heterocycles. The van der Waals surface area contributed by atoms with Crippen molar-refractivity contribution >= 4 is 17.4 Å². The summed E-state index contributed by atoms with van der Waals surface area (Å²) in [5.74, 6) is -0.118. The van der Waals surface area contributed by atoms with Crippen LogP contribution in [0.4, 0.5) is 0 Å². The Morgan fingerprint density at radius 1 is 1.21 bits per heavy atom. The van der Waals surface area contributed by atoms with Gasteiger partial charge in [0.25, 0.3) is 11.7 Å². The van der Waals surface area contributed by atoms with Gasteiger partial charge in [-0.1, -0.05) is 18.2 Å². The molecule has 2 aliphatic rings. The maximum Gasteiger partial charge on any atom is 0.295 e. The Morgan fingerprint density at radius 2 is 1.97 bits per heavy atom. The summed E-state index contributed by atoms with van der Waals surface area (Å²) in [6.45, 7) is 5.23. The lowest BCUT2D eigenvalue weighted by Gasteiger charge is -2.27. The van der Waals surface area contributed by atoms with E-state index in [0.717, 1.165) is 17.7 Å². The molecule has 0 bridgehead atoms. The van der Waals surface area contributed by atoms with Gasteiger partial charge in [-0.15, -0.1) is 0 Å². The second kappa shape index (κ2) is 9.27. The van der Waals surface area contributed by atoms with Crippen molar-refractivity contribution in [1.82, 2.24) is 9.80 Å². The number of ketones is 1. The number of nitrogens with zero attached hydrogens (tertiary/aromatic N) is 2. The minimum atomic E-state index is -0.740. The van der Waals surface area contributed by atoms with Crippen LogP contribution < -0.4 is 9.47 Å². The highest BCUT2D eigenvalue weighted by atomic mass is 16.5. The molecule has 2 aromatic rings. The van der Waals surface area contributed by atoms with Crippen LogP contribution in [0.15, 0.2) is 48.0 Å². The molecule has 7 heteroatoms. The third-order valence-electron chi connectivity index (χ3n) is 6.01. The van der Waals surface area contributed by atoms with Gasteiger partial charge < -0.3 is 24.4 Å². The molecule has 2 aromatic carbocycles. The summed E-state index contributed by atoms with van der Waals surface area (Å²) in [5.41, 5.74) is 2.23. The Balaban J connectivity index is 1.85. The standard InChI is InChI=1S/C26H30N2O5/c1-5-32-21-9-7-6-8-19(21)23-22(25(30)26(31)28(23)13-12-27(3)4)24(29)17-10-11-20-18(15-17)14-16(2)33-20/h6-11,15-16,23,29H,5,12-14H2,1-4H3. The number of carbonyl (C=O) groups is 2. The van der Waals surface area contributed by atoms with E-state index >= 15 is 0 Å². The predicted octanol–water partition coefficient (Wildman–Crippen LogP) is 3.39. The number of aliphatic hydroxyl groups is 1. The molecule has 4 rings (SSSR count). The molecule has 1 fully saturated rings. The molecule has 7 nitrogen and oxygen atoms in total. The monoisotopic (exact) mass is 450 g/mol. The number of likely N-dealkylation sites (N-methyl/N-ethyl adjacent to an activating group) is 1. The third kappa shape index (κ3) is 4.33. The molecule has 2 aliphatic heterocycles. The van der Waals surface area contributed by atoms with Crippen LogP contribution in [-0.2, 0) is 16.0 Å². The van der Waals surface area contributed by atoms with Crippen molar-refractivity contribution in [2.75, 3.05) is 33.8 Å². The van der Waals surface area contributed by atoms with E-state index in [1.165, 1.54) is 4.90 Å². The van der Waals surface area contributed by atoms with Crippen LogP contribution in [0.3, 0.4) is 0 Å². The number of hydrogen-bond acceptors (Lipinski definition) is 6. The maximum atomic E-state index is 13.2. The fourth-order valence-corrected chi connectivity index (χ4v) is 4.46. The molecule has 0 saturated carbocycles.